The molecule has 0 aliphatic rings. The lowest BCUT2D eigenvalue weighted by Gasteiger charge is -2.18. The Morgan fingerprint density at radius 2 is 2.50 bits per heavy atom. The molecule has 0 radical (unpaired) electrons. The van der Waals surface area contributed by atoms with E-state index in [1.807, 2.05) is 6.92 Å². The summed E-state index contributed by atoms with van der Waals surface area (Å²) in [6.07, 6.45) is 0.615. The smallest absolute Gasteiger partial charge is 0.273 e. The first kappa shape index (κ1) is 11.1. The lowest BCUT2D eigenvalue weighted by Crippen LogP contribution is -2.32. The highest BCUT2D eigenvalue weighted by Crippen LogP contribution is 2.05. The molecule has 14 heavy (non-hydrogen) atoms. The summed E-state index contributed by atoms with van der Waals surface area (Å²) in [6, 6.07) is 0. The molecule has 0 bridgehead atoms. The number of hydrogen-bond acceptors (Lipinski definition) is 4. The molecule has 5 heteroatoms. The van der Waals surface area contributed by atoms with Crippen LogP contribution in [0.25, 0.3) is 0 Å². The first-order valence-electron chi connectivity index (χ1n) is 4.58. The number of hydrogen-bond donors (Lipinski definition) is 1. The number of carbonyl (C=O) groups excluding carboxylic acids is 1. The molecule has 0 spiro atoms. The monoisotopic (exact) mass is 214 g/mol. The highest BCUT2D eigenvalue weighted by molar-refractivity contribution is 7.07. The van der Waals surface area contributed by atoms with Gasteiger partial charge in [-0.3, -0.25) is 4.79 Å². The Kier molecular flexibility index (Phi) is 4.55. The molecule has 1 amide bonds. The second-order valence-electron chi connectivity index (χ2n) is 2.84. The normalized spacial score (nSPS) is 10.1. The van der Waals surface area contributed by atoms with Crippen molar-refractivity contribution >= 4 is 17.2 Å². The first-order chi connectivity index (χ1) is 6.79. The van der Waals surface area contributed by atoms with Gasteiger partial charge >= 0.3 is 0 Å². The van der Waals surface area contributed by atoms with Gasteiger partial charge in [0, 0.05) is 25.1 Å². The zero-order valence-corrected chi connectivity index (χ0v) is 8.96. The number of aromatic nitrogens is 1. The van der Waals surface area contributed by atoms with Crippen molar-refractivity contribution in [3.8, 4) is 0 Å². The summed E-state index contributed by atoms with van der Waals surface area (Å²) in [7, 11) is 0. The second-order valence-corrected chi connectivity index (χ2v) is 3.55. The van der Waals surface area contributed by atoms with Gasteiger partial charge in [0.15, 0.2) is 0 Å². The largest absolute Gasteiger partial charge is 0.396 e. The Balaban J connectivity index is 2.56. The highest BCUT2D eigenvalue weighted by atomic mass is 32.1. The van der Waals surface area contributed by atoms with E-state index in [0.29, 0.717) is 25.2 Å². The third kappa shape index (κ3) is 2.78. The first-order valence-corrected chi connectivity index (χ1v) is 5.52. The molecule has 1 heterocycles. The maximum Gasteiger partial charge on any atom is 0.273 e. The Morgan fingerprint density at radius 3 is 3.00 bits per heavy atom. The molecule has 0 fully saturated rings. The minimum Gasteiger partial charge on any atom is -0.396 e. The Hall–Kier alpha value is -0.940. The van der Waals surface area contributed by atoms with Gasteiger partial charge in [-0.2, -0.15) is 0 Å². The van der Waals surface area contributed by atoms with E-state index in [1.165, 1.54) is 11.3 Å². The Labute approximate surface area is 87.2 Å². The number of carbonyl (C=O) groups is 1. The minimum absolute atomic E-state index is 0.0535. The fourth-order valence-corrected chi connectivity index (χ4v) is 1.67. The lowest BCUT2D eigenvalue weighted by atomic mass is 10.3. The van der Waals surface area contributed by atoms with Crippen molar-refractivity contribution < 1.29 is 9.90 Å². The molecule has 1 aromatic rings. The maximum atomic E-state index is 11.7. The summed E-state index contributed by atoms with van der Waals surface area (Å²) in [4.78, 5) is 17.4. The van der Waals surface area contributed by atoms with Crippen molar-refractivity contribution in [1.82, 2.24) is 9.88 Å². The maximum absolute atomic E-state index is 11.7. The molecule has 0 aromatic carbocycles. The van der Waals surface area contributed by atoms with Crippen LogP contribution in [0.2, 0.25) is 0 Å². The molecule has 0 saturated carbocycles. The van der Waals surface area contributed by atoms with Crippen LogP contribution in [0.1, 0.15) is 23.8 Å². The molecule has 1 N–H and O–H groups in total. The summed E-state index contributed by atoms with van der Waals surface area (Å²) >= 11 is 1.41. The van der Waals surface area contributed by atoms with E-state index in [9.17, 15) is 4.79 Å². The quantitative estimate of drug-likeness (QED) is 0.795. The van der Waals surface area contributed by atoms with Crippen molar-refractivity contribution in [2.75, 3.05) is 19.7 Å². The third-order valence-electron chi connectivity index (χ3n) is 1.91. The summed E-state index contributed by atoms with van der Waals surface area (Å²) in [5, 5.41) is 10.4. The molecular weight excluding hydrogens is 200 g/mol. The van der Waals surface area contributed by atoms with Crippen LogP contribution in [0.4, 0.5) is 0 Å². The Morgan fingerprint density at radius 1 is 1.71 bits per heavy atom. The average molecular weight is 214 g/mol. The molecule has 1 rings (SSSR count). The molecule has 4 nitrogen and oxygen atoms in total. The van der Waals surface area contributed by atoms with E-state index in [4.69, 9.17) is 5.11 Å². The number of aliphatic hydroxyl groups is 1. The lowest BCUT2D eigenvalue weighted by molar-refractivity contribution is 0.0749. The van der Waals surface area contributed by atoms with Crippen LogP contribution in [0.3, 0.4) is 0 Å². The third-order valence-corrected chi connectivity index (χ3v) is 2.49. The molecule has 0 aliphatic carbocycles. The average Bonchev–Trinajstić information content (AvgIpc) is 2.71. The van der Waals surface area contributed by atoms with E-state index in [0.717, 1.165) is 0 Å². The molecular formula is C9H14N2O2S. The van der Waals surface area contributed by atoms with E-state index in [-0.39, 0.29) is 12.5 Å². The van der Waals surface area contributed by atoms with Crippen LogP contribution >= 0.6 is 11.3 Å². The van der Waals surface area contributed by atoms with E-state index >= 15 is 0 Å². The van der Waals surface area contributed by atoms with Crippen LogP contribution in [0.5, 0.6) is 0 Å². The zero-order chi connectivity index (χ0) is 10.4. The van der Waals surface area contributed by atoms with Crippen LogP contribution < -0.4 is 0 Å². The van der Waals surface area contributed by atoms with Crippen LogP contribution in [0, 0.1) is 0 Å². The number of amides is 1. The van der Waals surface area contributed by atoms with Gasteiger partial charge in [0.1, 0.15) is 5.69 Å². The van der Waals surface area contributed by atoms with Crippen molar-refractivity contribution in [3.05, 3.63) is 16.6 Å². The number of aliphatic hydroxyl groups excluding tert-OH is 1. The number of nitrogens with zero attached hydrogens (tertiary/aromatic N) is 2. The summed E-state index contributed by atoms with van der Waals surface area (Å²) in [5.41, 5.74) is 2.14. The molecule has 0 aliphatic heterocycles. The van der Waals surface area contributed by atoms with Crippen molar-refractivity contribution in [2.45, 2.75) is 13.3 Å². The molecule has 0 atom stereocenters. The standard InChI is InChI=1S/C9H14N2O2S/c1-2-11(4-3-5-12)9(13)8-6-14-7-10-8/h6-7,12H,2-5H2,1H3. The number of thiazole rings is 1. The van der Waals surface area contributed by atoms with E-state index in [1.54, 1.807) is 15.8 Å². The predicted molar refractivity (Wildman–Crippen MR) is 55.4 cm³/mol. The van der Waals surface area contributed by atoms with Gasteiger partial charge < -0.3 is 10.0 Å². The van der Waals surface area contributed by atoms with Gasteiger partial charge in [0.25, 0.3) is 5.91 Å². The summed E-state index contributed by atoms with van der Waals surface area (Å²) in [5.74, 6) is -0.0535. The van der Waals surface area contributed by atoms with Gasteiger partial charge in [-0.05, 0) is 13.3 Å². The summed E-state index contributed by atoms with van der Waals surface area (Å²) < 4.78 is 0. The predicted octanol–water partition coefficient (Wildman–Crippen LogP) is 0.988. The van der Waals surface area contributed by atoms with Gasteiger partial charge in [-0.1, -0.05) is 0 Å². The van der Waals surface area contributed by atoms with Crippen molar-refractivity contribution in [3.63, 3.8) is 0 Å². The van der Waals surface area contributed by atoms with Gasteiger partial charge in [-0.25, -0.2) is 4.98 Å². The highest BCUT2D eigenvalue weighted by Gasteiger charge is 2.14. The van der Waals surface area contributed by atoms with Crippen molar-refractivity contribution in [2.24, 2.45) is 0 Å². The summed E-state index contributed by atoms with van der Waals surface area (Å²) in [6.45, 7) is 3.27. The minimum atomic E-state index is -0.0535. The Bertz CT molecular complexity index is 274. The number of rotatable bonds is 5. The van der Waals surface area contributed by atoms with Gasteiger partial charge in [-0.15, -0.1) is 11.3 Å². The van der Waals surface area contributed by atoms with E-state index < -0.39 is 0 Å². The molecule has 1 aromatic heterocycles. The van der Waals surface area contributed by atoms with Crippen LogP contribution in [0.15, 0.2) is 10.9 Å². The fraction of sp³-hybridized carbons (Fsp3) is 0.556. The van der Waals surface area contributed by atoms with E-state index in [2.05, 4.69) is 4.98 Å². The SMILES string of the molecule is CCN(CCCO)C(=O)c1cscn1. The van der Waals surface area contributed by atoms with Crippen LogP contribution in [-0.4, -0.2) is 40.6 Å². The van der Waals surface area contributed by atoms with Gasteiger partial charge in [0.2, 0.25) is 0 Å². The van der Waals surface area contributed by atoms with Gasteiger partial charge in [0.05, 0.1) is 5.51 Å². The molecule has 0 saturated heterocycles. The topological polar surface area (TPSA) is 53.4 Å². The van der Waals surface area contributed by atoms with Crippen molar-refractivity contribution in [1.29, 1.82) is 0 Å². The fourth-order valence-electron chi connectivity index (χ4n) is 1.14. The molecule has 0 unspecified atom stereocenters. The van der Waals surface area contributed by atoms with Crippen LogP contribution in [-0.2, 0) is 0 Å². The zero-order valence-electron chi connectivity index (χ0n) is 8.14. The molecule has 78 valence electrons. The second kappa shape index (κ2) is 5.72.